The molecule has 0 radical (unpaired) electrons. The topological polar surface area (TPSA) is 9.23 Å². The summed E-state index contributed by atoms with van der Waals surface area (Å²) in [6.07, 6.45) is 7.42. The van der Waals surface area contributed by atoms with Gasteiger partial charge in [-0.1, -0.05) is 45.8 Å². The first-order chi connectivity index (χ1) is 8.84. The van der Waals surface area contributed by atoms with Crippen molar-refractivity contribution < 1.29 is 4.74 Å². The van der Waals surface area contributed by atoms with Crippen LogP contribution in [0, 0.1) is 0 Å². The monoisotopic (exact) mass is 306 g/mol. The lowest BCUT2D eigenvalue weighted by atomic mass is 10.0. The summed E-state index contributed by atoms with van der Waals surface area (Å²) < 4.78 is 7.12. The quantitative estimate of drug-likeness (QED) is 0.699. The molecule has 1 atom stereocenters. The lowest BCUT2D eigenvalue weighted by Gasteiger charge is -2.13. The van der Waals surface area contributed by atoms with Crippen molar-refractivity contribution in [1.29, 1.82) is 0 Å². The molecule has 2 aliphatic rings. The minimum Gasteiger partial charge on any atom is -0.373 e. The normalized spacial score (nSPS) is 23.6. The number of rotatable bonds is 1. The number of fused-ring (bicyclic) bond motifs is 1. The molecule has 0 spiro atoms. The molecular formula is C16H19BrO. The molecular weight excluding hydrogens is 288 g/mol. The van der Waals surface area contributed by atoms with Crippen molar-refractivity contribution in [3.8, 4) is 0 Å². The van der Waals surface area contributed by atoms with E-state index in [2.05, 4.69) is 40.2 Å². The molecule has 1 aliphatic carbocycles. The van der Waals surface area contributed by atoms with E-state index in [-0.39, 0.29) is 0 Å². The van der Waals surface area contributed by atoms with Crippen LogP contribution in [0.4, 0.5) is 0 Å². The lowest BCUT2D eigenvalue weighted by Crippen LogP contribution is -2.07. The van der Waals surface area contributed by atoms with Crippen molar-refractivity contribution >= 4 is 15.9 Å². The minimum atomic E-state index is 0.334. The summed E-state index contributed by atoms with van der Waals surface area (Å²) in [4.78, 5) is 0. The van der Waals surface area contributed by atoms with E-state index in [9.17, 15) is 0 Å². The fourth-order valence-electron chi connectivity index (χ4n) is 2.99. The Morgan fingerprint density at radius 3 is 2.28 bits per heavy atom. The number of benzene rings is 1. The number of hydrogen-bond donors (Lipinski definition) is 0. The predicted molar refractivity (Wildman–Crippen MR) is 78.0 cm³/mol. The van der Waals surface area contributed by atoms with E-state index >= 15 is 0 Å². The number of allylic oxidation sites excluding steroid dienone is 1. The molecule has 3 rings (SSSR count). The highest BCUT2D eigenvalue weighted by molar-refractivity contribution is 9.11. The Bertz CT molecular complexity index is 429. The highest BCUT2D eigenvalue weighted by atomic mass is 79.9. The third kappa shape index (κ3) is 2.55. The summed E-state index contributed by atoms with van der Waals surface area (Å²) in [6, 6.07) is 8.86. The summed E-state index contributed by atoms with van der Waals surface area (Å²) in [5.41, 5.74) is 4.62. The van der Waals surface area contributed by atoms with Crippen molar-refractivity contribution in [2.24, 2.45) is 0 Å². The Morgan fingerprint density at radius 1 is 1.06 bits per heavy atom. The Hall–Kier alpha value is -0.600. The second-order valence-corrected chi connectivity index (χ2v) is 6.08. The van der Waals surface area contributed by atoms with E-state index < -0.39 is 0 Å². The molecule has 2 heteroatoms. The van der Waals surface area contributed by atoms with Crippen LogP contribution >= 0.6 is 15.9 Å². The Balaban J connectivity index is 1.79. The SMILES string of the molecule is BrC(=C1CCc2ccccc2CC1)[C@H]1CCCO1. The molecule has 0 unspecified atom stereocenters. The van der Waals surface area contributed by atoms with Crippen molar-refractivity contribution in [3.05, 3.63) is 45.4 Å². The van der Waals surface area contributed by atoms with Crippen LogP contribution < -0.4 is 0 Å². The van der Waals surface area contributed by atoms with Crippen LogP contribution in [0.2, 0.25) is 0 Å². The minimum absolute atomic E-state index is 0.334. The van der Waals surface area contributed by atoms with Gasteiger partial charge in [-0.05, 0) is 49.7 Å². The second kappa shape index (κ2) is 5.58. The van der Waals surface area contributed by atoms with Crippen molar-refractivity contribution in [3.63, 3.8) is 0 Å². The van der Waals surface area contributed by atoms with E-state index in [1.54, 1.807) is 5.57 Å². The molecule has 0 bridgehead atoms. The largest absolute Gasteiger partial charge is 0.373 e. The van der Waals surface area contributed by atoms with Gasteiger partial charge in [-0.15, -0.1) is 0 Å². The van der Waals surface area contributed by atoms with Crippen LogP contribution in [0.25, 0.3) is 0 Å². The third-order valence-electron chi connectivity index (χ3n) is 4.06. The van der Waals surface area contributed by atoms with Crippen molar-refractivity contribution in [2.45, 2.75) is 44.6 Å². The lowest BCUT2D eigenvalue weighted by molar-refractivity contribution is 0.142. The van der Waals surface area contributed by atoms with Crippen molar-refractivity contribution in [2.75, 3.05) is 6.61 Å². The van der Waals surface area contributed by atoms with Gasteiger partial charge in [-0.25, -0.2) is 0 Å². The maximum Gasteiger partial charge on any atom is 0.0889 e. The average molecular weight is 307 g/mol. The molecule has 0 aromatic heterocycles. The van der Waals surface area contributed by atoms with E-state index in [0.717, 1.165) is 6.61 Å². The van der Waals surface area contributed by atoms with Gasteiger partial charge in [-0.2, -0.15) is 0 Å². The van der Waals surface area contributed by atoms with Crippen LogP contribution in [0.15, 0.2) is 34.3 Å². The molecule has 1 saturated heterocycles. The molecule has 1 heterocycles. The summed E-state index contributed by atoms with van der Waals surface area (Å²) in [7, 11) is 0. The standard InChI is InChI=1S/C16H19BrO/c17-16(15-6-3-11-18-15)14-9-7-12-4-1-2-5-13(12)8-10-14/h1-2,4-5,15H,3,6-11H2/t15-/m1/s1. The van der Waals surface area contributed by atoms with Gasteiger partial charge in [-0.3, -0.25) is 0 Å². The second-order valence-electron chi connectivity index (χ2n) is 5.22. The van der Waals surface area contributed by atoms with Crippen molar-refractivity contribution in [1.82, 2.24) is 0 Å². The zero-order valence-corrected chi connectivity index (χ0v) is 12.2. The van der Waals surface area contributed by atoms with Crippen LogP contribution in [0.5, 0.6) is 0 Å². The van der Waals surface area contributed by atoms with Gasteiger partial charge in [0.2, 0.25) is 0 Å². The molecule has 0 N–H and O–H groups in total. The summed E-state index contributed by atoms with van der Waals surface area (Å²) >= 11 is 3.80. The molecule has 1 nitrogen and oxygen atoms in total. The van der Waals surface area contributed by atoms with E-state index in [1.807, 2.05) is 0 Å². The summed E-state index contributed by atoms with van der Waals surface area (Å²) in [6.45, 7) is 0.924. The maximum absolute atomic E-state index is 5.78. The number of halogens is 1. The number of hydrogen-bond acceptors (Lipinski definition) is 1. The zero-order valence-electron chi connectivity index (χ0n) is 10.6. The molecule has 1 aromatic rings. The first kappa shape index (κ1) is 12.4. The van der Waals surface area contributed by atoms with Crippen LogP contribution in [0.3, 0.4) is 0 Å². The van der Waals surface area contributed by atoms with Gasteiger partial charge in [0, 0.05) is 11.1 Å². The average Bonchev–Trinajstić information content (AvgIpc) is 2.85. The fraction of sp³-hybridized carbons (Fsp3) is 0.500. The van der Waals surface area contributed by atoms with E-state index in [4.69, 9.17) is 4.74 Å². The number of ether oxygens (including phenoxy) is 1. The van der Waals surface area contributed by atoms with Crippen LogP contribution in [-0.4, -0.2) is 12.7 Å². The number of aryl methyl sites for hydroxylation is 2. The van der Waals surface area contributed by atoms with Gasteiger partial charge < -0.3 is 4.74 Å². The molecule has 1 aliphatic heterocycles. The molecule has 18 heavy (non-hydrogen) atoms. The van der Waals surface area contributed by atoms with Gasteiger partial charge >= 0.3 is 0 Å². The van der Waals surface area contributed by atoms with Crippen LogP contribution in [0.1, 0.15) is 36.8 Å². The van der Waals surface area contributed by atoms with E-state index in [1.165, 1.54) is 54.1 Å². The molecule has 1 fully saturated rings. The predicted octanol–water partition coefficient (Wildman–Crippen LogP) is 4.39. The summed E-state index contributed by atoms with van der Waals surface area (Å²) in [5.74, 6) is 0. The molecule has 96 valence electrons. The Labute approximate surface area is 117 Å². The van der Waals surface area contributed by atoms with Gasteiger partial charge in [0.15, 0.2) is 0 Å². The fourth-order valence-corrected chi connectivity index (χ4v) is 3.74. The Morgan fingerprint density at radius 2 is 1.72 bits per heavy atom. The highest BCUT2D eigenvalue weighted by Gasteiger charge is 2.22. The van der Waals surface area contributed by atoms with Gasteiger partial charge in [0.1, 0.15) is 0 Å². The maximum atomic E-state index is 5.78. The third-order valence-corrected chi connectivity index (χ3v) is 5.13. The molecule has 1 aromatic carbocycles. The van der Waals surface area contributed by atoms with Gasteiger partial charge in [0.25, 0.3) is 0 Å². The Kier molecular flexibility index (Phi) is 3.86. The molecule has 0 saturated carbocycles. The first-order valence-electron chi connectivity index (χ1n) is 6.90. The van der Waals surface area contributed by atoms with Crippen LogP contribution in [-0.2, 0) is 17.6 Å². The summed E-state index contributed by atoms with van der Waals surface area (Å²) in [5, 5.41) is 0. The first-order valence-corrected chi connectivity index (χ1v) is 7.69. The zero-order chi connectivity index (χ0) is 12.4. The highest BCUT2D eigenvalue weighted by Crippen LogP contribution is 2.33. The molecule has 0 amide bonds. The smallest absolute Gasteiger partial charge is 0.0889 e. The van der Waals surface area contributed by atoms with E-state index in [0.29, 0.717) is 6.10 Å². The van der Waals surface area contributed by atoms with Gasteiger partial charge in [0.05, 0.1) is 6.10 Å².